The molecule has 0 radical (unpaired) electrons. The summed E-state index contributed by atoms with van der Waals surface area (Å²) in [6.45, 7) is 1.62. The van der Waals surface area contributed by atoms with E-state index in [0.29, 0.717) is 5.01 Å². The van der Waals surface area contributed by atoms with Gasteiger partial charge in [0.1, 0.15) is 5.56 Å². The summed E-state index contributed by atoms with van der Waals surface area (Å²) in [6.07, 6.45) is -2.36. The Labute approximate surface area is 167 Å². The summed E-state index contributed by atoms with van der Waals surface area (Å²) in [6, 6.07) is 9.49. The van der Waals surface area contributed by atoms with Crippen LogP contribution < -0.4 is 15.6 Å². The van der Waals surface area contributed by atoms with Gasteiger partial charge in [-0.05, 0) is 24.6 Å². The maximum atomic E-state index is 13.0. The number of benzene rings is 1. The lowest BCUT2D eigenvalue weighted by atomic mass is 10.1. The molecule has 0 atom stereocenters. The number of carbonyl (C=O) groups is 2. The molecule has 156 valence electrons. The number of carbonyl (C=O) groups excluding carboxylic acids is 2. The van der Waals surface area contributed by atoms with E-state index in [2.05, 4.69) is 19.8 Å². The van der Waals surface area contributed by atoms with Crippen molar-refractivity contribution in [1.29, 1.82) is 0 Å². The lowest BCUT2D eigenvalue weighted by molar-refractivity contribution is -0.190. The average Bonchev–Trinajstić information content (AvgIpc) is 3.27. The van der Waals surface area contributed by atoms with Gasteiger partial charge in [0.25, 0.3) is 11.9 Å². The SMILES string of the molecule is CCc1nc(-n2cccn2)nc(OC(=O)C(F)(F)F)c1C(=O)N(N)c1ccccc1. The van der Waals surface area contributed by atoms with Gasteiger partial charge in [0.15, 0.2) is 0 Å². The summed E-state index contributed by atoms with van der Waals surface area (Å²) < 4.78 is 44.0. The molecule has 0 spiro atoms. The molecule has 2 heterocycles. The second-order valence-corrected chi connectivity index (χ2v) is 5.85. The zero-order valence-corrected chi connectivity index (χ0v) is 15.5. The highest BCUT2D eigenvalue weighted by Crippen LogP contribution is 2.27. The van der Waals surface area contributed by atoms with Crippen LogP contribution in [0.4, 0.5) is 18.9 Å². The zero-order chi connectivity index (χ0) is 21.9. The monoisotopic (exact) mass is 420 g/mol. The predicted octanol–water partition coefficient (Wildman–Crippen LogP) is 2.21. The van der Waals surface area contributed by atoms with E-state index in [1.165, 1.54) is 30.6 Å². The fraction of sp³-hybridized carbons (Fsp3) is 0.167. The minimum atomic E-state index is -5.30. The third kappa shape index (κ3) is 4.27. The first kappa shape index (κ1) is 20.9. The van der Waals surface area contributed by atoms with Crippen molar-refractivity contribution in [1.82, 2.24) is 19.7 Å². The topological polar surface area (TPSA) is 116 Å². The maximum Gasteiger partial charge on any atom is 0.491 e. The van der Waals surface area contributed by atoms with E-state index in [1.807, 2.05) is 0 Å². The van der Waals surface area contributed by atoms with Crippen LogP contribution >= 0.6 is 0 Å². The number of amides is 1. The molecule has 0 bridgehead atoms. The summed E-state index contributed by atoms with van der Waals surface area (Å²) in [4.78, 5) is 32.5. The number of hydrogen-bond donors (Lipinski definition) is 1. The molecule has 0 fully saturated rings. The van der Waals surface area contributed by atoms with Crippen molar-refractivity contribution in [2.75, 3.05) is 5.01 Å². The van der Waals surface area contributed by atoms with Gasteiger partial charge in [-0.15, -0.1) is 0 Å². The van der Waals surface area contributed by atoms with Gasteiger partial charge in [-0.2, -0.15) is 23.3 Å². The Balaban J connectivity index is 2.14. The number of esters is 1. The highest BCUT2D eigenvalue weighted by Gasteiger charge is 2.43. The van der Waals surface area contributed by atoms with E-state index in [-0.39, 0.29) is 23.8 Å². The summed E-state index contributed by atoms with van der Waals surface area (Å²) >= 11 is 0. The standard InChI is InChI=1S/C18H15F3N6O3/c1-2-12-13(15(28)27(22)11-7-4-3-5-8-11)14(30-16(29)18(19,20)21)25-17(24-12)26-10-6-9-23-26/h3-10H,2,22H2,1H3. The Morgan fingerprint density at radius 3 is 2.43 bits per heavy atom. The highest BCUT2D eigenvalue weighted by molar-refractivity contribution is 6.08. The second kappa shape index (κ2) is 8.29. The molecule has 1 amide bonds. The molecule has 0 unspecified atom stereocenters. The fourth-order valence-electron chi connectivity index (χ4n) is 2.48. The van der Waals surface area contributed by atoms with Gasteiger partial charge in [-0.25, -0.2) is 25.3 Å². The van der Waals surface area contributed by atoms with Gasteiger partial charge < -0.3 is 4.74 Å². The first-order chi connectivity index (χ1) is 14.2. The van der Waals surface area contributed by atoms with Crippen LogP contribution in [0.5, 0.6) is 5.88 Å². The van der Waals surface area contributed by atoms with E-state index in [1.54, 1.807) is 25.1 Å². The molecule has 1 aromatic carbocycles. The van der Waals surface area contributed by atoms with E-state index >= 15 is 0 Å². The molecule has 3 aromatic rings. The zero-order valence-electron chi connectivity index (χ0n) is 15.5. The largest absolute Gasteiger partial charge is 0.491 e. The molecule has 2 N–H and O–H groups in total. The van der Waals surface area contributed by atoms with E-state index in [4.69, 9.17) is 5.84 Å². The van der Waals surface area contributed by atoms with Crippen molar-refractivity contribution >= 4 is 17.6 Å². The Morgan fingerprint density at radius 1 is 1.17 bits per heavy atom. The van der Waals surface area contributed by atoms with Gasteiger partial charge in [-0.1, -0.05) is 25.1 Å². The van der Waals surface area contributed by atoms with Crippen LogP contribution in [-0.4, -0.2) is 37.8 Å². The van der Waals surface area contributed by atoms with Crippen LogP contribution in [0.25, 0.3) is 5.95 Å². The van der Waals surface area contributed by atoms with Gasteiger partial charge in [0.2, 0.25) is 5.88 Å². The summed E-state index contributed by atoms with van der Waals surface area (Å²) in [5.41, 5.74) is -0.178. The number of aromatic nitrogens is 4. The van der Waals surface area contributed by atoms with Crippen LogP contribution in [-0.2, 0) is 11.2 Å². The molecule has 0 saturated carbocycles. The van der Waals surface area contributed by atoms with Crippen molar-refractivity contribution in [3.05, 3.63) is 60.0 Å². The molecule has 9 nitrogen and oxygen atoms in total. The third-order valence-corrected chi connectivity index (χ3v) is 3.87. The minimum Gasteiger partial charge on any atom is -0.400 e. The van der Waals surface area contributed by atoms with Crippen molar-refractivity contribution in [2.45, 2.75) is 19.5 Å². The van der Waals surface area contributed by atoms with E-state index in [0.717, 1.165) is 4.68 Å². The molecular formula is C18H15F3N6O3. The van der Waals surface area contributed by atoms with Crippen LogP contribution in [0.1, 0.15) is 23.0 Å². The Hall–Kier alpha value is -3.80. The molecule has 0 aliphatic rings. The highest BCUT2D eigenvalue weighted by atomic mass is 19.4. The number of aryl methyl sites for hydroxylation is 1. The third-order valence-electron chi connectivity index (χ3n) is 3.87. The number of nitrogens with two attached hydrogens (primary N) is 1. The number of nitrogens with zero attached hydrogens (tertiary/aromatic N) is 5. The summed E-state index contributed by atoms with van der Waals surface area (Å²) in [5.74, 6) is 1.33. The van der Waals surface area contributed by atoms with Crippen LogP contribution in [0.2, 0.25) is 0 Å². The second-order valence-electron chi connectivity index (χ2n) is 5.85. The van der Waals surface area contributed by atoms with Crippen molar-refractivity contribution in [3.63, 3.8) is 0 Å². The molecule has 12 heteroatoms. The number of rotatable bonds is 5. The number of hydrogen-bond acceptors (Lipinski definition) is 7. The number of anilines is 1. The number of hydrazine groups is 1. The van der Waals surface area contributed by atoms with Gasteiger partial charge in [0, 0.05) is 12.4 Å². The van der Waals surface area contributed by atoms with E-state index < -0.39 is 29.5 Å². The lowest BCUT2D eigenvalue weighted by Crippen LogP contribution is -2.39. The molecule has 0 aliphatic heterocycles. The molecule has 0 saturated heterocycles. The normalized spacial score (nSPS) is 11.2. The van der Waals surface area contributed by atoms with Crippen molar-refractivity contribution in [3.8, 4) is 11.8 Å². The average molecular weight is 420 g/mol. The number of halogens is 3. The number of para-hydroxylation sites is 1. The maximum absolute atomic E-state index is 13.0. The van der Waals surface area contributed by atoms with E-state index in [9.17, 15) is 22.8 Å². The molecule has 0 aliphatic carbocycles. The molecule has 3 rings (SSSR count). The first-order valence-corrected chi connectivity index (χ1v) is 8.56. The Kier molecular flexibility index (Phi) is 5.78. The van der Waals surface area contributed by atoms with Crippen LogP contribution in [0.3, 0.4) is 0 Å². The fourth-order valence-corrected chi connectivity index (χ4v) is 2.48. The minimum absolute atomic E-state index is 0.0249. The quantitative estimate of drug-likeness (QED) is 0.291. The van der Waals surface area contributed by atoms with Crippen LogP contribution in [0.15, 0.2) is 48.8 Å². The molecule has 2 aromatic heterocycles. The van der Waals surface area contributed by atoms with Gasteiger partial charge in [0.05, 0.1) is 11.4 Å². The first-order valence-electron chi connectivity index (χ1n) is 8.56. The van der Waals surface area contributed by atoms with Gasteiger partial charge in [-0.3, -0.25) is 4.79 Å². The Bertz CT molecular complexity index is 1060. The van der Waals surface area contributed by atoms with Gasteiger partial charge >= 0.3 is 12.1 Å². The van der Waals surface area contributed by atoms with Crippen molar-refractivity contribution < 1.29 is 27.5 Å². The predicted molar refractivity (Wildman–Crippen MR) is 97.7 cm³/mol. The van der Waals surface area contributed by atoms with Crippen molar-refractivity contribution in [2.24, 2.45) is 5.84 Å². The lowest BCUT2D eigenvalue weighted by Gasteiger charge is -2.20. The summed E-state index contributed by atoms with van der Waals surface area (Å²) in [7, 11) is 0. The number of ether oxygens (including phenoxy) is 1. The Morgan fingerprint density at radius 2 is 1.87 bits per heavy atom. The van der Waals surface area contributed by atoms with Crippen LogP contribution in [0, 0.1) is 0 Å². The smallest absolute Gasteiger partial charge is 0.400 e. The molecule has 30 heavy (non-hydrogen) atoms. The number of alkyl halides is 3. The molecular weight excluding hydrogens is 405 g/mol. The summed E-state index contributed by atoms with van der Waals surface area (Å²) in [5, 5.41) is 4.60.